The van der Waals surface area contributed by atoms with Gasteiger partial charge in [-0.3, -0.25) is 9.11 Å². The second-order valence-electron chi connectivity index (χ2n) is 3.62. The zero-order valence-corrected chi connectivity index (χ0v) is 16.4. The largest absolute Gasteiger partial charge is 1.00 e. The van der Waals surface area contributed by atoms with Crippen molar-refractivity contribution in [1.29, 1.82) is 0 Å². The predicted molar refractivity (Wildman–Crippen MR) is 65.8 cm³/mol. The fourth-order valence-corrected chi connectivity index (χ4v) is 2.56. The van der Waals surface area contributed by atoms with E-state index < -0.39 is 20.2 Å². The zero-order chi connectivity index (χ0) is 13.6. The quantitative estimate of drug-likeness (QED) is 0.423. The summed E-state index contributed by atoms with van der Waals surface area (Å²) >= 11 is 0. The first-order valence-corrected chi connectivity index (χ1v) is 7.55. The number of hydrogen-bond donors (Lipinski definition) is 2. The van der Waals surface area contributed by atoms with Gasteiger partial charge in [-0.1, -0.05) is 12.1 Å². The van der Waals surface area contributed by atoms with Crippen LogP contribution in [0.1, 0.15) is 2.85 Å². The number of fused-ring (bicyclic) bond motifs is 1. The van der Waals surface area contributed by atoms with Crippen LogP contribution >= 0.6 is 0 Å². The summed E-state index contributed by atoms with van der Waals surface area (Å²) in [6, 6.07) is 7.49. The van der Waals surface area contributed by atoms with Gasteiger partial charge in [-0.2, -0.15) is 16.8 Å². The number of rotatable bonds is 2. The Bertz CT molecular complexity index is 773. The summed E-state index contributed by atoms with van der Waals surface area (Å²) in [5.41, 5.74) is 0. The van der Waals surface area contributed by atoms with Crippen molar-refractivity contribution in [3.05, 3.63) is 36.4 Å². The van der Waals surface area contributed by atoms with E-state index in [0.717, 1.165) is 12.1 Å². The third-order valence-electron chi connectivity index (χ3n) is 2.38. The summed E-state index contributed by atoms with van der Waals surface area (Å²) in [7, 11) is -8.71. The van der Waals surface area contributed by atoms with E-state index in [9.17, 15) is 16.8 Å². The molecule has 100 valence electrons. The van der Waals surface area contributed by atoms with Crippen LogP contribution in [0, 0.1) is 0 Å². The van der Waals surface area contributed by atoms with Gasteiger partial charge in [-0.25, -0.2) is 0 Å². The van der Waals surface area contributed by atoms with Crippen LogP contribution in [0.5, 0.6) is 0 Å². The minimum atomic E-state index is -4.35. The van der Waals surface area contributed by atoms with Gasteiger partial charge in [0.2, 0.25) is 0 Å². The summed E-state index contributed by atoms with van der Waals surface area (Å²) in [4.78, 5) is -0.690. The molecule has 2 aromatic rings. The summed E-state index contributed by atoms with van der Waals surface area (Å²) < 4.78 is 61.5. The van der Waals surface area contributed by atoms with E-state index in [4.69, 9.17) is 9.11 Å². The maximum Gasteiger partial charge on any atom is 1.00 e. The molecule has 0 saturated carbocycles. The molecule has 0 spiro atoms. The van der Waals surface area contributed by atoms with Crippen LogP contribution in [0.3, 0.4) is 0 Å². The van der Waals surface area contributed by atoms with Crippen LogP contribution in [0.25, 0.3) is 10.8 Å². The van der Waals surface area contributed by atoms with Gasteiger partial charge in [-0.15, -0.1) is 0 Å². The summed E-state index contributed by atoms with van der Waals surface area (Å²) in [6.07, 6.45) is 0. The van der Waals surface area contributed by atoms with Crippen LogP contribution in [0.4, 0.5) is 0 Å². The molecule has 2 rings (SSSR count). The molecule has 0 aliphatic rings. The first-order valence-electron chi connectivity index (χ1n) is 4.67. The van der Waals surface area contributed by atoms with Crippen molar-refractivity contribution < 1.29 is 87.9 Å². The van der Waals surface area contributed by atoms with E-state index in [0.29, 0.717) is 5.39 Å². The van der Waals surface area contributed by atoms with Gasteiger partial charge < -0.3 is 2.85 Å². The SMILES string of the molecule is O=S(=O)(O)c1ccc2ccc(S(=O)(=O)O)cc2c1.[H-].[H-].[Na+].[Na+]. The Morgan fingerprint density at radius 2 is 1.05 bits per heavy atom. The molecule has 0 aromatic heterocycles. The molecule has 0 aliphatic heterocycles. The monoisotopic (exact) mass is 336 g/mol. The van der Waals surface area contributed by atoms with Gasteiger partial charge in [0.05, 0.1) is 9.79 Å². The Hall–Kier alpha value is 0.520. The topological polar surface area (TPSA) is 109 Å². The Labute approximate surface area is 163 Å². The third-order valence-corrected chi connectivity index (χ3v) is 4.08. The molecular weight excluding hydrogens is 326 g/mol. The minimum Gasteiger partial charge on any atom is -1.00 e. The standard InChI is InChI=1S/C10H8O6S2.2Na.2H/c11-17(12,13)9-3-1-7-2-4-10(18(14,15)16)6-8(7)5-9;;;;/h1-6H,(H,11,12,13)(H,14,15,16);;;;/q;2*+1;2*-1. The minimum absolute atomic E-state index is 0. The average Bonchev–Trinajstić information content (AvgIpc) is 2.25. The van der Waals surface area contributed by atoms with Crippen molar-refractivity contribution in [2.24, 2.45) is 0 Å². The first-order chi connectivity index (χ1) is 8.18. The van der Waals surface area contributed by atoms with Crippen molar-refractivity contribution in [3.8, 4) is 0 Å². The van der Waals surface area contributed by atoms with Crippen molar-refractivity contribution in [3.63, 3.8) is 0 Å². The van der Waals surface area contributed by atoms with E-state index in [-0.39, 0.29) is 77.1 Å². The number of benzene rings is 2. The Kier molecular flexibility index (Phi) is 7.37. The molecule has 0 fully saturated rings. The second-order valence-corrected chi connectivity index (χ2v) is 6.46. The maximum atomic E-state index is 10.9. The van der Waals surface area contributed by atoms with E-state index in [2.05, 4.69) is 0 Å². The van der Waals surface area contributed by atoms with Gasteiger partial charge in [0.15, 0.2) is 0 Å². The van der Waals surface area contributed by atoms with Crippen molar-refractivity contribution in [1.82, 2.24) is 0 Å². The van der Waals surface area contributed by atoms with Gasteiger partial charge >= 0.3 is 59.1 Å². The maximum absolute atomic E-state index is 10.9. The normalized spacial score (nSPS) is 11.5. The molecule has 0 atom stereocenters. The molecule has 0 amide bonds. The van der Waals surface area contributed by atoms with Crippen molar-refractivity contribution >= 4 is 31.0 Å². The van der Waals surface area contributed by atoms with Gasteiger partial charge in [0.1, 0.15) is 0 Å². The molecule has 0 bridgehead atoms. The van der Waals surface area contributed by atoms with E-state index >= 15 is 0 Å². The Morgan fingerprint density at radius 1 is 0.700 bits per heavy atom. The molecule has 20 heavy (non-hydrogen) atoms. The average molecular weight is 336 g/mol. The molecular formula is C10H10Na2O6S2. The summed E-state index contributed by atoms with van der Waals surface area (Å²) in [6.45, 7) is 0. The molecule has 0 unspecified atom stereocenters. The molecule has 2 aromatic carbocycles. The molecule has 0 heterocycles. The van der Waals surface area contributed by atoms with Crippen LogP contribution in [0.15, 0.2) is 46.2 Å². The molecule has 2 N–H and O–H groups in total. The summed E-state index contributed by atoms with van der Waals surface area (Å²) in [5.74, 6) is 0. The molecule has 0 saturated heterocycles. The molecule has 6 nitrogen and oxygen atoms in total. The number of hydrogen-bond acceptors (Lipinski definition) is 4. The zero-order valence-electron chi connectivity index (χ0n) is 12.8. The van der Waals surface area contributed by atoms with Crippen LogP contribution < -0.4 is 59.1 Å². The predicted octanol–water partition coefficient (Wildman–Crippen LogP) is -4.43. The van der Waals surface area contributed by atoms with Crippen LogP contribution in [0.2, 0.25) is 0 Å². The third kappa shape index (κ3) is 4.77. The fourth-order valence-electron chi connectivity index (χ4n) is 1.52. The van der Waals surface area contributed by atoms with Gasteiger partial charge in [0.25, 0.3) is 20.2 Å². The second kappa shape index (κ2) is 7.19. The Balaban J connectivity index is -0.000000902. The van der Waals surface area contributed by atoms with Crippen LogP contribution in [-0.4, -0.2) is 25.9 Å². The molecule has 0 aliphatic carbocycles. The molecule has 0 radical (unpaired) electrons. The Morgan fingerprint density at radius 3 is 1.35 bits per heavy atom. The van der Waals surface area contributed by atoms with E-state index in [1.54, 1.807) is 0 Å². The van der Waals surface area contributed by atoms with Gasteiger partial charge in [-0.05, 0) is 35.0 Å². The van der Waals surface area contributed by atoms with Crippen molar-refractivity contribution in [2.45, 2.75) is 9.79 Å². The first kappa shape index (κ1) is 20.5. The van der Waals surface area contributed by atoms with Crippen LogP contribution in [-0.2, 0) is 20.2 Å². The molecule has 10 heteroatoms. The summed E-state index contributed by atoms with van der Waals surface area (Å²) in [5, 5.41) is 0.857. The smallest absolute Gasteiger partial charge is 1.00 e. The fraction of sp³-hybridized carbons (Fsp3) is 0. The van der Waals surface area contributed by atoms with E-state index in [1.165, 1.54) is 24.3 Å². The van der Waals surface area contributed by atoms with Gasteiger partial charge in [0, 0.05) is 0 Å². The van der Waals surface area contributed by atoms with Crippen molar-refractivity contribution in [2.75, 3.05) is 0 Å². The van der Waals surface area contributed by atoms with E-state index in [1.807, 2.05) is 0 Å².